The summed E-state index contributed by atoms with van der Waals surface area (Å²) in [4.78, 5) is 44.4. The summed E-state index contributed by atoms with van der Waals surface area (Å²) in [5.74, 6) is 0.284. The lowest BCUT2D eigenvalue weighted by atomic mass is 9.78. The molecule has 3 heterocycles. The Bertz CT molecular complexity index is 1240. The number of esters is 1. The van der Waals surface area contributed by atoms with Gasteiger partial charge in [0.2, 0.25) is 11.8 Å². The standard InChI is InChI=1S/C33H47N5O4/c1-5-6-18-38-30(39)27(21-24-10-8-7-9-11-24)34-32(41)33(38)16-19-37(20-17-33)29(28-22(2)35-36-23(28)3)25-12-14-26(15-13-25)31(40)42-4/h12-15,24,27,29H,5-11,16-21H2,1-4H3,(H,34,41)(H,35,36)/t27-,29?/m0/s1. The average molecular weight is 578 g/mol. The van der Waals surface area contributed by atoms with Gasteiger partial charge in [0.15, 0.2) is 0 Å². The van der Waals surface area contributed by atoms with Gasteiger partial charge in [0.1, 0.15) is 11.6 Å². The van der Waals surface area contributed by atoms with Crippen LogP contribution in [0, 0.1) is 19.8 Å². The minimum absolute atomic E-state index is 0.0216. The highest BCUT2D eigenvalue weighted by Gasteiger charge is 2.54. The minimum atomic E-state index is -0.814. The van der Waals surface area contributed by atoms with Crippen LogP contribution in [-0.2, 0) is 14.3 Å². The van der Waals surface area contributed by atoms with Crippen LogP contribution in [0.15, 0.2) is 24.3 Å². The smallest absolute Gasteiger partial charge is 0.337 e. The first-order chi connectivity index (χ1) is 20.3. The molecular weight excluding hydrogens is 530 g/mol. The number of piperidine rings is 1. The third kappa shape index (κ3) is 5.85. The zero-order valence-electron chi connectivity index (χ0n) is 25.7. The first-order valence-electron chi connectivity index (χ1n) is 15.8. The van der Waals surface area contributed by atoms with E-state index in [9.17, 15) is 14.4 Å². The number of carbonyl (C=O) groups excluding carboxylic acids is 3. The van der Waals surface area contributed by atoms with Crippen LogP contribution in [0.3, 0.4) is 0 Å². The van der Waals surface area contributed by atoms with Crippen molar-refractivity contribution in [2.45, 2.75) is 103 Å². The van der Waals surface area contributed by atoms with E-state index >= 15 is 0 Å². The summed E-state index contributed by atoms with van der Waals surface area (Å²) < 4.78 is 4.90. The molecule has 1 aromatic carbocycles. The number of hydrogen-bond acceptors (Lipinski definition) is 6. The number of hydrogen-bond donors (Lipinski definition) is 2. The summed E-state index contributed by atoms with van der Waals surface area (Å²) >= 11 is 0. The Morgan fingerprint density at radius 2 is 1.79 bits per heavy atom. The summed E-state index contributed by atoms with van der Waals surface area (Å²) in [5.41, 5.74) is 3.77. The number of likely N-dealkylation sites (tertiary alicyclic amines) is 1. The summed E-state index contributed by atoms with van der Waals surface area (Å²) in [6.45, 7) is 8.11. The van der Waals surface area contributed by atoms with E-state index in [-0.39, 0.29) is 23.8 Å². The van der Waals surface area contributed by atoms with Gasteiger partial charge in [-0.25, -0.2) is 4.79 Å². The highest BCUT2D eigenvalue weighted by atomic mass is 16.5. The quantitative estimate of drug-likeness (QED) is 0.413. The van der Waals surface area contributed by atoms with Crippen LogP contribution in [0.2, 0.25) is 0 Å². The molecule has 228 valence electrons. The van der Waals surface area contributed by atoms with Crippen molar-refractivity contribution >= 4 is 17.8 Å². The van der Waals surface area contributed by atoms with Crippen LogP contribution in [0.4, 0.5) is 0 Å². The molecule has 2 aliphatic heterocycles. The fraction of sp³-hybridized carbons (Fsp3) is 0.636. The molecule has 0 bridgehead atoms. The van der Waals surface area contributed by atoms with Crippen molar-refractivity contribution in [1.82, 2.24) is 25.3 Å². The number of methoxy groups -OCH3 is 1. The van der Waals surface area contributed by atoms with Gasteiger partial charge >= 0.3 is 5.97 Å². The van der Waals surface area contributed by atoms with E-state index in [0.29, 0.717) is 44.0 Å². The van der Waals surface area contributed by atoms with Crippen LogP contribution in [-0.4, -0.2) is 76.1 Å². The molecule has 9 nitrogen and oxygen atoms in total. The number of piperazine rings is 1. The third-order valence-electron chi connectivity index (χ3n) is 9.93. The number of aromatic amines is 1. The SMILES string of the molecule is CCCCN1C(=O)[C@H](CC2CCCCC2)NC(=O)C12CCN(C(c1ccc(C(=O)OC)cc1)c1c(C)n[nH]c1C)CC2. The molecule has 5 rings (SSSR count). The van der Waals surface area contributed by atoms with E-state index in [1.807, 2.05) is 30.9 Å². The molecule has 1 aliphatic carbocycles. The van der Waals surface area contributed by atoms with E-state index in [1.165, 1.54) is 26.4 Å². The molecule has 2 saturated heterocycles. The molecule has 42 heavy (non-hydrogen) atoms. The molecule has 2 aromatic rings. The van der Waals surface area contributed by atoms with E-state index in [0.717, 1.165) is 54.6 Å². The number of carbonyl (C=O) groups is 3. The van der Waals surface area contributed by atoms with Crippen LogP contribution in [0.5, 0.6) is 0 Å². The number of aryl methyl sites for hydroxylation is 2. The Labute approximate surface area is 249 Å². The number of benzene rings is 1. The molecule has 3 aliphatic rings. The van der Waals surface area contributed by atoms with Gasteiger partial charge < -0.3 is 15.0 Å². The number of rotatable bonds is 9. The highest BCUT2D eigenvalue weighted by molar-refractivity contribution is 6.00. The Balaban J connectivity index is 1.39. The molecule has 0 radical (unpaired) electrons. The van der Waals surface area contributed by atoms with Crippen molar-refractivity contribution in [3.63, 3.8) is 0 Å². The summed E-state index contributed by atoms with van der Waals surface area (Å²) in [7, 11) is 1.38. The number of nitrogens with zero attached hydrogens (tertiary/aromatic N) is 3. The van der Waals surface area contributed by atoms with Crippen LogP contribution in [0.25, 0.3) is 0 Å². The molecule has 1 saturated carbocycles. The molecule has 9 heteroatoms. The molecule has 1 unspecified atom stereocenters. The number of nitrogens with one attached hydrogen (secondary N) is 2. The Kier molecular flexibility index (Phi) is 9.35. The van der Waals surface area contributed by atoms with Crippen LogP contribution in [0.1, 0.15) is 110 Å². The van der Waals surface area contributed by atoms with Gasteiger partial charge in [0.05, 0.1) is 24.4 Å². The average Bonchev–Trinajstić information content (AvgIpc) is 3.34. The normalized spacial score (nSPS) is 22.3. The fourth-order valence-electron chi connectivity index (χ4n) is 7.52. The van der Waals surface area contributed by atoms with Crippen molar-refractivity contribution in [1.29, 1.82) is 0 Å². The topological polar surface area (TPSA) is 108 Å². The number of H-pyrrole nitrogens is 1. The van der Waals surface area contributed by atoms with Gasteiger partial charge in [0.25, 0.3) is 0 Å². The van der Waals surface area contributed by atoms with Crippen molar-refractivity contribution in [3.8, 4) is 0 Å². The predicted molar refractivity (Wildman–Crippen MR) is 161 cm³/mol. The number of amides is 2. The second-order valence-corrected chi connectivity index (χ2v) is 12.5. The maximum absolute atomic E-state index is 14.0. The summed E-state index contributed by atoms with van der Waals surface area (Å²) in [6, 6.07) is 7.06. The summed E-state index contributed by atoms with van der Waals surface area (Å²) in [5, 5.41) is 10.8. The van der Waals surface area contributed by atoms with Gasteiger partial charge in [-0.15, -0.1) is 0 Å². The second-order valence-electron chi connectivity index (χ2n) is 12.5. The largest absolute Gasteiger partial charge is 0.465 e. The zero-order chi connectivity index (χ0) is 29.9. The lowest BCUT2D eigenvalue weighted by Gasteiger charge is -2.53. The molecule has 2 N–H and O–H groups in total. The molecule has 3 fully saturated rings. The number of aromatic nitrogens is 2. The fourth-order valence-corrected chi connectivity index (χ4v) is 7.52. The van der Waals surface area contributed by atoms with E-state index in [4.69, 9.17) is 4.74 Å². The maximum atomic E-state index is 14.0. The first-order valence-corrected chi connectivity index (χ1v) is 15.8. The van der Waals surface area contributed by atoms with Gasteiger partial charge in [-0.3, -0.25) is 19.6 Å². The molecular formula is C33H47N5O4. The molecule has 1 spiro atoms. The Morgan fingerprint density at radius 1 is 1.10 bits per heavy atom. The molecule has 1 aromatic heterocycles. The monoisotopic (exact) mass is 577 g/mol. The predicted octanol–water partition coefficient (Wildman–Crippen LogP) is 4.83. The van der Waals surface area contributed by atoms with Crippen molar-refractivity contribution in [2.24, 2.45) is 5.92 Å². The highest BCUT2D eigenvalue weighted by Crippen LogP contribution is 2.40. The van der Waals surface area contributed by atoms with E-state index in [1.54, 1.807) is 12.1 Å². The number of ether oxygens (including phenoxy) is 1. The van der Waals surface area contributed by atoms with Crippen molar-refractivity contribution < 1.29 is 19.1 Å². The zero-order valence-corrected chi connectivity index (χ0v) is 25.7. The summed E-state index contributed by atoms with van der Waals surface area (Å²) in [6.07, 6.45) is 9.83. The van der Waals surface area contributed by atoms with Gasteiger partial charge in [-0.1, -0.05) is 57.6 Å². The van der Waals surface area contributed by atoms with Gasteiger partial charge in [-0.2, -0.15) is 5.10 Å². The van der Waals surface area contributed by atoms with Crippen LogP contribution < -0.4 is 5.32 Å². The minimum Gasteiger partial charge on any atom is -0.465 e. The van der Waals surface area contributed by atoms with Crippen molar-refractivity contribution in [3.05, 3.63) is 52.3 Å². The van der Waals surface area contributed by atoms with Gasteiger partial charge in [0, 0.05) is 30.9 Å². The van der Waals surface area contributed by atoms with E-state index < -0.39 is 11.6 Å². The molecule has 2 amide bonds. The number of unbranched alkanes of at least 4 members (excludes halogenated alkanes) is 1. The Hall–Kier alpha value is -3.20. The third-order valence-corrected chi connectivity index (χ3v) is 9.93. The van der Waals surface area contributed by atoms with Crippen LogP contribution >= 0.6 is 0 Å². The second kappa shape index (κ2) is 13.0. The molecule has 2 atom stereocenters. The van der Waals surface area contributed by atoms with Gasteiger partial charge in [-0.05, 0) is 63.1 Å². The maximum Gasteiger partial charge on any atom is 0.337 e. The lowest BCUT2D eigenvalue weighted by Crippen LogP contribution is -2.73. The Morgan fingerprint density at radius 3 is 2.38 bits per heavy atom. The van der Waals surface area contributed by atoms with E-state index in [2.05, 4.69) is 27.3 Å². The lowest BCUT2D eigenvalue weighted by molar-refractivity contribution is -0.162. The first kappa shape index (κ1) is 30.3. The van der Waals surface area contributed by atoms with Crippen molar-refractivity contribution in [2.75, 3.05) is 26.7 Å².